The Labute approximate surface area is 115 Å². The van der Waals surface area contributed by atoms with Crippen LogP contribution in [0.1, 0.15) is 29.2 Å². The van der Waals surface area contributed by atoms with Crippen molar-refractivity contribution in [2.75, 3.05) is 11.4 Å². The molecule has 0 saturated heterocycles. The summed E-state index contributed by atoms with van der Waals surface area (Å²) in [5, 5.41) is 0.648. The molecule has 1 heterocycles. The molecule has 0 bridgehead atoms. The predicted molar refractivity (Wildman–Crippen MR) is 75.9 cm³/mol. The van der Waals surface area contributed by atoms with Gasteiger partial charge in [-0.25, -0.2) is 9.37 Å². The van der Waals surface area contributed by atoms with E-state index in [2.05, 4.69) is 4.98 Å². The van der Waals surface area contributed by atoms with Crippen LogP contribution in [0.2, 0.25) is 0 Å². The molecule has 1 aromatic heterocycles. The van der Waals surface area contributed by atoms with Gasteiger partial charge in [-0.05, 0) is 26.0 Å². The van der Waals surface area contributed by atoms with E-state index >= 15 is 0 Å². The molecule has 0 radical (unpaired) electrons. The topological polar surface area (TPSA) is 33.2 Å². The average Bonchev–Trinajstić information content (AvgIpc) is 2.75. The molecule has 0 fully saturated rings. The molecule has 0 atom stereocenters. The maximum atomic E-state index is 13.8. The largest absolute Gasteiger partial charge is 0.315 e. The second kappa shape index (κ2) is 5.48. The molecule has 2 aromatic rings. The van der Waals surface area contributed by atoms with E-state index in [0.717, 1.165) is 0 Å². The number of aryl methyl sites for hydroxylation is 1. The summed E-state index contributed by atoms with van der Waals surface area (Å²) in [4.78, 5) is 18.3. The normalized spacial score (nSPS) is 10.5. The molecule has 2 rings (SSSR count). The number of hydrogen-bond acceptors (Lipinski definition) is 4. The number of nitrogens with zero attached hydrogens (tertiary/aromatic N) is 2. The number of ketones is 1. The molecule has 0 aliphatic carbocycles. The number of aromatic nitrogens is 1. The zero-order valence-electron chi connectivity index (χ0n) is 11.1. The van der Waals surface area contributed by atoms with Crippen LogP contribution in [0, 0.1) is 12.7 Å². The van der Waals surface area contributed by atoms with Gasteiger partial charge in [-0.2, -0.15) is 0 Å². The first-order chi connectivity index (χ1) is 9.04. The summed E-state index contributed by atoms with van der Waals surface area (Å²) in [5.74, 6) is -0.299. The van der Waals surface area contributed by atoms with E-state index in [-0.39, 0.29) is 11.6 Å². The van der Waals surface area contributed by atoms with Gasteiger partial charge < -0.3 is 4.90 Å². The van der Waals surface area contributed by atoms with E-state index in [1.807, 2.05) is 6.92 Å². The van der Waals surface area contributed by atoms with Crippen LogP contribution in [0.15, 0.2) is 24.3 Å². The number of Topliss-reactive ketones (excluding diaryl/α,β-unsaturated/α-hetero) is 1. The molecule has 0 saturated carbocycles. The molecule has 0 N–H and O–H groups in total. The van der Waals surface area contributed by atoms with Crippen molar-refractivity contribution in [3.63, 3.8) is 0 Å². The van der Waals surface area contributed by atoms with Gasteiger partial charge in [0.15, 0.2) is 10.9 Å². The van der Waals surface area contributed by atoms with Crippen LogP contribution in [0.3, 0.4) is 0 Å². The molecule has 0 spiro atoms. The minimum Gasteiger partial charge on any atom is -0.315 e. The highest BCUT2D eigenvalue weighted by molar-refractivity contribution is 7.17. The minimum atomic E-state index is -0.290. The van der Waals surface area contributed by atoms with Gasteiger partial charge in [0, 0.05) is 13.5 Å². The number of hydrogen-bond donors (Lipinski definition) is 0. The van der Waals surface area contributed by atoms with E-state index in [1.165, 1.54) is 24.3 Å². The van der Waals surface area contributed by atoms with Crippen molar-refractivity contribution in [1.82, 2.24) is 4.98 Å². The van der Waals surface area contributed by atoms with Gasteiger partial charge in [0.1, 0.15) is 5.82 Å². The molecule has 3 nitrogen and oxygen atoms in total. The van der Waals surface area contributed by atoms with E-state index in [0.29, 0.717) is 27.9 Å². The first kappa shape index (κ1) is 13.7. The monoisotopic (exact) mass is 278 g/mol. The van der Waals surface area contributed by atoms with Crippen LogP contribution in [0.4, 0.5) is 15.2 Å². The Balaban J connectivity index is 2.46. The Hall–Kier alpha value is -1.75. The van der Waals surface area contributed by atoms with E-state index < -0.39 is 0 Å². The molecule has 0 aliphatic heterocycles. The number of halogens is 1. The van der Waals surface area contributed by atoms with Gasteiger partial charge in [-0.15, -0.1) is 0 Å². The zero-order chi connectivity index (χ0) is 14.0. The number of anilines is 2. The van der Waals surface area contributed by atoms with Crippen LogP contribution >= 0.6 is 11.3 Å². The van der Waals surface area contributed by atoms with Crippen LogP contribution in [-0.2, 0) is 0 Å². The number of benzene rings is 1. The van der Waals surface area contributed by atoms with Gasteiger partial charge >= 0.3 is 0 Å². The first-order valence-corrected chi connectivity index (χ1v) is 6.86. The number of para-hydroxylation sites is 1. The second-order valence-corrected chi connectivity index (χ2v) is 5.14. The minimum absolute atomic E-state index is 0.00848. The lowest BCUT2D eigenvalue weighted by atomic mass is 10.3. The summed E-state index contributed by atoms with van der Waals surface area (Å²) >= 11 is 1.30. The molecule has 5 heteroatoms. The number of carbonyl (C=O) groups is 1. The Morgan fingerprint density at radius 2 is 2.11 bits per heavy atom. The van der Waals surface area contributed by atoms with Gasteiger partial charge in [0.05, 0.1) is 16.3 Å². The predicted octanol–water partition coefficient (Wildman–Crippen LogP) is 3.95. The van der Waals surface area contributed by atoms with Gasteiger partial charge in [0.2, 0.25) is 0 Å². The fourth-order valence-corrected chi connectivity index (χ4v) is 2.94. The quantitative estimate of drug-likeness (QED) is 0.794. The summed E-state index contributed by atoms with van der Waals surface area (Å²) < 4.78 is 13.8. The highest BCUT2D eigenvalue weighted by Crippen LogP contribution is 2.32. The van der Waals surface area contributed by atoms with Crippen LogP contribution in [0.25, 0.3) is 0 Å². The Morgan fingerprint density at radius 3 is 2.63 bits per heavy atom. The van der Waals surface area contributed by atoms with Crippen LogP contribution < -0.4 is 4.90 Å². The molecule has 100 valence electrons. The Kier molecular flexibility index (Phi) is 3.95. The maximum absolute atomic E-state index is 13.8. The SMILES string of the molecule is CCN(c1nc(C)c(C(C)=O)s1)c1ccccc1F. The maximum Gasteiger partial charge on any atom is 0.190 e. The summed E-state index contributed by atoms with van der Waals surface area (Å²) in [6.07, 6.45) is 0. The molecular formula is C14H15FN2OS. The van der Waals surface area contributed by atoms with E-state index in [1.54, 1.807) is 30.0 Å². The molecule has 0 aliphatic rings. The van der Waals surface area contributed by atoms with E-state index in [9.17, 15) is 9.18 Å². The fourth-order valence-electron chi connectivity index (χ4n) is 1.90. The summed E-state index contributed by atoms with van der Waals surface area (Å²) in [7, 11) is 0. The number of rotatable bonds is 4. The van der Waals surface area contributed by atoms with Crippen LogP contribution in [-0.4, -0.2) is 17.3 Å². The van der Waals surface area contributed by atoms with Crippen molar-refractivity contribution in [1.29, 1.82) is 0 Å². The lowest BCUT2D eigenvalue weighted by molar-refractivity contribution is 0.102. The highest BCUT2D eigenvalue weighted by Gasteiger charge is 2.18. The van der Waals surface area contributed by atoms with Gasteiger partial charge in [0.25, 0.3) is 0 Å². The lowest BCUT2D eigenvalue weighted by Gasteiger charge is -2.20. The molecule has 0 amide bonds. The van der Waals surface area contributed by atoms with E-state index in [4.69, 9.17) is 0 Å². The smallest absolute Gasteiger partial charge is 0.190 e. The lowest BCUT2D eigenvalue weighted by Crippen LogP contribution is -2.17. The summed E-state index contributed by atoms with van der Waals surface area (Å²) in [5.41, 5.74) is 1.18. The second-order valence-electron chi connectivity index (χ2n) is 4.16. The molecule has 1 aromatic carbocycles. The first-order valence-electron chi connectivity index (χ1n) is 6.05. The third kappa shape index (κ3) is 2.66. The third-order valence-corrected chi connectivity index (χ3v) is 4.08. The average molecular weight is 278 g/mol. The molecular weight excluding hydrogens is 263 g/mol. The van der Waals surface area contributed by atoms with Crippen molar-refractivity contribution in [2.24, 2.45) is 0 Å². The fraction of sp³-hybridized carbons (Fsp3) is 0.286. The molecule has 0 unspecified atom stereocenters. The summed E-state index contributed by atoms with van der Waals surface area (Å²) in [6, 6.07) is 6.57. The van der Waals surface area contributed by atoms with Gasteiger partial charge in [-0.1, -0.05) is 23.5 Å². The van der Waals surface area contributed by atoms with Crippen LogP contribution in [0.5, 0.6) is 0 Å². The molecule has 19 heavy (non-hydrogen) atoms. The van der Waals surface area contributed by atoms with Crippen molar-refractivity contribution in [3.8, 4) is 0 Å². The van der Waals surface area contributed by atoms with Crippen molar-refractivity contribution in [3.05, 3.63) is 40.7 Å². The van der Waals surface area contributed by atoms with Crippen molar-refractivity contribution >= 4 is 27.9 Å². The highest BCUT2D eigenvalue weighted by atomic mass is 32.1. The number of thiazole rings is 1. The van der Waals surface area contributed by atoms with Gasteiger partial charge in [-0.3, -0.25) is 4.79 Å². The summed E-state index contributed by atoms with van der Waals surface area (Å²) in [6.45, 7) is 5.83. The number of carbonyl (C=O) groups excluding carboxylic acids is 1. The zero-order valence-corrected chi connectivity index (χ0v) is 11.9. The van der Waals surface area contributed by atoms with Crippen molar-refractivity contribution in [2.45, 2.75) is 20.8 Å². The third-order valence-electron chi connectivity index (χ3n) is 2.80. The Bertz CT molecular complexity index is 609. The Morgan fingerprint density at radius 1 is 1.42 bits per heavy atom. The standard InChI is InChI=1S/C14H15FN2OS/c1-4-17(12-8-6-5-7-11(12)15)14-16-9(2)13(19-14)10(3)18/h5-8H,4H2,1-3H3. The van der Waals surface area contributed by atoms with Crippen molar-refractivity contribution < 1.29 is 9.18 Å².